The first-order chi connectivity index (χ1) is 13.9. The summed E-state index contributed by atoms with van der Waals surface area (Å²) in [5.41, 5.74) is 1.37. The Balaban J connectivity index is 1.38. The number of fused-ring (bicyclic) bond motifs is 2. The monoisotopic (exact) mass is 421 g/mol. The molecular weight excluding hydrogens is 390 g/mol. The highest BCUT2D eigenvalue weighted by molar-refractivity contribution is 7.12. The fourth-order valence-corrected chi connectivity index (χ4v) is 5.62. The van der Waals surface area contributed by atoms with Gasteiger partial charge in [-0.1, -0.05) is 6.92 Å². The summed E-state index contributed by atoms with van der Waals surface area (Å²) in [6, 6.07) is 2.11. The molecule has 160 valence electrons. The molecule has 0 amide bonds. The Labute approximate surface area is 175 Å². The molecule has 2 aliphatic rings. The van der Waals surface area contributed by atoms with E-state index in [2.05, 4.69) is 23.0 Å². The van der Waals surface area contributed by atoms with E-state index in [1.807, 2.05) is 19.3 Å². The third-order valence-electron chi connectivity index (χ3n) is 6.24. The second-order valence-electron chi connectivity index (χ2n) is 8.91. The van der Waals surface area contributed by atoms with Crippen molar-refractivity contribution in [1.82, 2.24) is 14.7 Å². The second kappa shape index (κ2) is 8.09. The lowest BCUT2D eigenvalue weighted by molar-refractivity contribution is -0.129. The number of thiophene rings is 1. The quantitative estimate of drug-likeness (QED) is 0.659. The van der Waals surface area contributed by atoms with Crippen LogP contribution in [-0.2, 0) is 23.4 Å². The van der Waals surface area contributed by atoms with Gasteiger partial charge >= 0.3 is 0 Å². The van der Waals surface area contributed by atoms with Gasteiger partial charge in [-0.3, -0.25) is 9.58 Å². The lowest BCUT2D eigenvalue weighted by Crippen LogP contribution is -2.46. The third-order valence-corrected chi connectivity index (χ3v) is 7.49. The van der Waals surface area contributed by atoms with E-state index in [0.717, 1.165) is 43.6 Å². The van der Waals surface area contributed by atoms with E-state index in [4.69, 9.17) is 4.74 Å². The van der Waals surface area contributed by atoms with Gasteiger partial charge in [0.2, 0.25) is 0 Å². The summed E-state index contributed by atoms with van der Waals surface area (Å²) in [6.45, 7) is 7.34. The van der Waals surface area contributed by atoms with Crippen LogP contribution in [0.4, 0.5) is 0 Å². The van der Waals surface area contributed by atoms with E-state index >= 15 is 0 Å². The minimum absolute atomic E-state index is 0.0776. The molecule has 0 radical (unpaired) electrons. The molecule has 0 unspecified atom stereocenters. The van der Waals surface area contributed by atoms with Gasteiger partial charge in [0.05, 0.1) is 32.6 Å². The van der Waals surface area contributed by atoms with E-state index < -0.39 is 11.5 Å². The summed E-state index contributed by atoms with van der Waals surface area (Å²) in [7, 11) is 0. The molecule has 2 aromatic heterocycles. The molecule has 7 nitrogen and oxygen atoms in total. The van der Waals surface area contributed by atoms with Crippen molar-refractivity contribution in [3.63, 3.8) is 0 Å². The molecule has 1 spiro atoms. The second-order valence-corrected chi connectivity index (χ2v) is 10.2. The van der Waals surface area contributed by atoms with Crippen molar-refractivity contribution in [3.8, 4) is 0 Å². The molecular formula is C21H31N3O4S. The number of aryl methyl sites for hydroxylation is 1. The maximum Gasteiger partial charge on any atom is 0.105 e. The number of likely N-dealkylation sites (tertiary alicyclic amines) is 1. The molecule has 29 heavy (non-hydrogen) atoms. The molecule has 2 aliphatic heterocycles. The zero-order valence-electron chi connectivity index (χ0n) is 17.2. The van der Waals surface area contributed by atoms with Crippen molar-refractivity contribution in [3.05, 3.63) is 39.3 Å². The number of hydrogen-bond donors (Lipinski definition) is 3. The van der Waals surface area contributed by atoms with Gasteiger partial charge in [-0.05, 0) is 31.4 Å². The largest absolute Gasteiger partial charge is 0.396 e. The summed E-state index contributed by atoms with van der Waals surface area (Å²) in [4.78, 5) is 4.86. The maximum atomic E-state index is 10.3. The molecule has 0 saturated carbocycles. The molecule has 0 bridgehead atoms. The summed E-state index contributed by atoms with van der Waals surface area (Å²) < 4.78 is 8.02. The number of hydrogen-bond acceptors (Lipinski definition) is 7. The van der Waals surface area contributed by atoms with Crippen LogP contribution in [0.1, 0.15) is 46.8 Å². The van der Waals surface area contributed by atoms with Gasteiger partial charge < -0.3 is 20.1 Å². The minimum Gasteiger partial charge on any atom is -0.396 e. The molecule has 8 heteroatoms. The number of aliphatic hydroxyl groups is 3. The number of ether oxygens (including phenoxy) is 1. The first kappa shape index (κ1) is 21.0. The van der Waals surface area contributed by atoms with E-state index in [0.29, 0.717) is 13.2 Å². The van der Waals surface area contributed by atoms with Crippen LogP contribution in [0, 0.1) is 12.3 Å². The molecule has 0 aromatic carbocycles. The fraction of sp³-hybridized carbons (Fsp3) is 0.667. The van der Waals surface area contributed by atoms with Crippen LogP contribution in [0.3, 0.4) is 0 Å². The molecule has 4 rings (SSSR count). The zero-order chi connectivity index (χ0) is 20.6. The van der Waals surface area contributed by atoms with Gasteiger partial charge in [-0.2, -0.15) is 5.10 Å². The molecule has 0 aliphatic carbocycles. The predicted molar refractivity (Wildman–Crippen MR) is 111 cm³/mol. The average molecular weight is 422 g/mol. The van der Waals surface area contributed by atoms with Gasteiger partial charge in [-0.15, -0.1) is 11.3 Å². The normalized spacial score (nSPS) is 22.2. The zero-order valence-corrected chi connectivity index (χ0v) is 18.0. The Morgan fingerprint density at radius 3 is 2.72 bits per heavy atom. The van der Waals surface area contributed by atoms with Crippen molar-refractivity contribution >= 4 is 11.3 Å². The first-order valence-corrected chi connectivity index (χ1v) is 11.1. The van der Waals surface area contributed by atoms with E-state index in [1.165, 1.54) is 9.75 Å². The van der Waals surface area contributed by atoms with Crippen LogP contribution in [0.2, 0.25) is 0 Å². The number of aromatic nitrogens is 2. The molecule has 4 heterocycles. The standard InChI is InChI=1S/C21H31N3O4S/c1-15-7-17-18(27)11-28-21(19(17)29-15)3-5-23(6-4-21)9-16-8-22-24(10-16)12-20(2,13-25)14-26/h7-8,10,18,25-27H,3-6,9,11-14H2,1-2H3/t18-/m1/s1. The van der Waals surface area contributed by atoms with Crippen LogP contribution < -0.4 is 0 Å². The Morgan fingerprint density at radius 1 is 1.31 bits per heavy atom. The number of aliphatic hydroxyl groups excluding tert-OH is 3. The van der Waals surface area contributed by atoms with Gasteiger partial charge in [0.1, 0.15) is 11.7 Å². The summed E-state index contributed by atoms with van der Waals surface area (Å²) in [6.07, 6.45) is 5.21. The first-order valence-electron chi connectivity index (χ1n) is 10.2. The molecule has 1 atom stereocenters. The predicted octanol–water partition coefficient (Wildman–Crippen LogP) is 1.80. The average Bonchev–Trinajstić information content (AvgIpc) is 3.33. The Hall–Kier alpha value is -1.29. The fourth-order valence-electron chi connectivity index (χ4n) is 4.35. The number of nitrogens with zero attached hydrogens (tertiary/aromatic N) is 3. The molecule has 3 N–H and O–H groups in total. The molecule has 2 aromatic rings. The van der Waals surface area contributed by atoms with E-state index in [1.54, 1.807) is 16.0 Å². The Kier molecular flexibility index (Phi) is 5.85. The lowest BCUT2D eigenvalue weighted by Gasteiger charge is -2.44. The van der Waals surface area contributed by atoms with Crippen LogP contribution in [0.25, 0.3) is 0 Å². The van der Waals surface area contributed by atoms with Gasteiger partial charge in [0, 0.05) is 46.6 Å². The van der Waals surface area contributed by atoms with Crippen LogP contribution >= 0.6 is 11.3 Å². The highest BCUT2D eigenvalue weighted by Gasteiger charge is 2.44. The molecule has 1 fully saturated rings. The van der Waals surface area contributed by atoms with Crippen molar-refractivity contribution < 1.29 is 20.1 Å². The van der Waals surface area contributed by atoms with Crippen molar-refractivity contribution in [2.75, 3.05) is 32.9 Å². The minimum atomic E-state index is -0.569. The lowest BCUT2D eigenvalue weighted by atomic mass is 9.84. The summed E-state index contributed by atoms with van der Waals surface area (Å²) in [5.74, 6) is 0. The topological polar surface area (TPSA) is 91.0 Å². The Bertz CT molecular complexity index is 837. The van der Waals surface area contributed by atoms with Crippen LogP contribution in [-0.4, -0.2) is 62.9 Å². The third kappa shape index (κ3) is 4.15. The highest BCUT2D eigenvalue weighted by atomic mass is 32.1. The SMILES string of the molecule is Cc1cc2c(s1)C1(CCN(Cc3cnn(CC(C)(CO)CO)c3)CC1)OC[C@H]2O. The van der Waals surface area contributed by atoms with Gasteiger partial charge in [0.25, 0.3) is 0 Å². The molecule has 1 saturated heterocycles. The van der Waals surface area contributed by atoms with Crippen molar-refractivity contribution in [1.29, 1.82) is 0 Å². The van der Waals surface area contributed by atoms with Crippen LogP contribution in [0.5, 0.6) is 0 Å². The maximum absolute atomic E-state index is 10.3. The highest BCUT2D eigenvalue weighted by Crippen LogP contribution is 2.47. The summed E-state index contributed by atoms with van der Waals surface area (Å²) >= 11 is 1.76. The van der Waals surface area contributed by atoms with Crippen molar-refractivity contribution in [2.45, 2.75) is 51.5 Å². The van der Waals surface area contributed by atoms with Gasteiger partial charge in [-0.25, -0.2) is 0 Å². The smallest absolute Gasteiger partial charge is 0.105 e. The number of rotatable bonds is 6. The number of piperidine rings is 1. The van der Waals surface area contributed by atoms with E-state index in [9.17, 15) is 15.3 Å². The van der Waals surface area contributed by atoms with Crippen molar-refractivity contribution in [2.24, 2.45) is 5.41 Å². The van der Waals surface area contributed by atoms with Gasteiger partial charge in [0.15, 0.2) is 0 Å². The van der Waals surface area contributed by atoms with E-state index in [-0.39, 0.29) is 18.8 Å². The summed E-state index contributed by atoms with van der Waals surface area (Å²) in [5, 5.41) is 33.7. The Morgan fingerprint density at radius 2 is 2.03 bits per heavy atom. The van der Waals surface area contributed by atoms with Crippen LogP contribution in [0.15, 0.2) is 18.5 Å².